The molecule has 1 fully saturated rings. The summed E-state index contributed by atoms with van der Waals surface area (Å²) in [4.78, 5) is 12.0. The van der Waals surface area contributed by atoms with Gasteiger partial charge in [-0.05, 0) is 48.9 Å². The van der Waals surface area contributed by atoms with Crippen LogP contribution in [0, 0.1) is 11.8 Å². The molecule has 1 aromatic rings. The fourth-order valence-electron chi connectivity index (χ4n) is 2.24. The van der Waals surface area contributed by atoms with Crippen LogP contribution in [0.5, 0.6) is 0 Å². The van der Waals surface area contributed by atoms with E-state index in [1.807, 2.05) is 24.3 Å². The van der Waals surface area contributed by atoms with Gasteiger partial charge in [-0.1, -0.05) is 37.6 Å². The van der Waals surface area contributed by atoms with Crippen LogP contribution in [0.1, 0.15) is 38.3 Å². The predicted octanol–water partition coefficient (Wildman–Crippen LogP) is 3.15. The quantitative estimate of drug-likeness (QED) is 0.811. The van der Waals surface area contributed by atoms with Gasteiger partial charge in [-0.15, -0.1) is 0 Å². The van der Waals surface area contributed by atoms with Crippen LogP contribution in [-0.2, 0) is 4.79 Å². The molecule has 2 rings (SSSR count). The van der Waals surface area contributed by atoms with Crippen LogP contribution in [-0.4, -0.2) is 19.0 Å². The highest BCUT2D eigenvalue weighted by atomic mass is 35.5. The van der Waals surface area contributed by atoms with Gasteiger partial charge < -0.3 is 10.6 Å². The van der Waals surface area contributed by atoms with Crippen LogP contribution in [0.3, 0.4) is 0 Å². The summed E-state index contributed by atoms with van der Waals surface area (Å²) in [5.41, 5.74) is 1.10. The SMILES string of the molecule is CC(C)C(NC(=O)CNCC1CC1)c1ccc(Cl)cc1. The smallest absolute Gasteiger partial charge is 0.234 e. The van der Waals surface area contributed by atoms with Crippen molar-refractivity contribution in [2.45, 2.75) is 32.7 Å². The fraction of sp³-hybridized carbons (Fsp3) is 0.562. The van der Waals surface area contributed by atoms with Gasteiger partial charge in [-0.2, -0.15) is 0 Å². The van der Waals surface area contributed by atoms with Crippen LogP contribution in [0.15, 0.2) is 24.3 Å². The van der Waals surface area contributed by atoms with Crippen molar-refractivity contribution in [3.63, 3.8) is 0 Å². The maximum Gasteiger partial charge on any atom is 0.234 e. The zero-order valence-corrected chi connectivity index (χ0v) is 12.9. The molecular weight excluding hydrogens is 272 g/mol. The van der Waals surface area contributed by atoms with Crippen LogP contribution in [0.4, 0.5) is 0 Å². The second kappa shape index (κ2) is 7.09. The molecule has 0 spiro atoms. The lowest BCUT2D eigenvalue weighted by atomic mass is 9.96. The average molecular weight is 295 g/mol. The maximum atomic E-state index is 12.0. The summed E-state index contributed by atoms with van der Waals surface area (Å²) >= 11 is 5.91. The van der Waals surface area contributed by atoms with Gasteiger partial charge in [0.05, 0.1) is 12.6 Å². The molecule has 0 aromatic heterocycles. The number of carbonyl (C=O) groups excluding carboxylic acids is 1. The Bertz CT molecular complexity index is 440. The van der Waals surface area contributed by atoms with E-state index in [2.05, 4.69) is 24.5 Å². The van der Waals surface area contributed by atoms with Crippen LogP contribution >= 0.6 is 11.6 Å². The van der Waals surface area contributed by atoms with E-state index in [4.69, 9.17) is 11.6 Å². The van der Waals surface area contributed by atoms with Crippen molar-refractivity contribution >= 4 is 17.5 Å². The van der Waals surface area contributed by atoms with Crippen LogP contribution < -0.4 is 10.6 Å². The summed E-state index contributed by atoms with van der Waals surface area (Å²) < 4.78 is 0. The molecule has 1 aromatic carbocycles. The molecule has 0 saturated heterocycles. The van der Waals surface area contributed by atoms with Gasteiger partial charge >= 0.3 is 0 Å². The standard InChI is InChI=1S/C16H23ClN2O/c1-11(2)16(13-5-7-14(17)8-6-13)19-15(20)10-18-9-12-3-4-12/h5-8,11-12,16,18H,3-4,9-10H2,1-2H3,(H,19,20). The molecule has 20 heavy (non-hydrogen) atoms. The topological polar surface area (TPSA) is 41.1 Å². The van der Waals surface area contributed by atoms with E-state index in [0.717, 1.165) is 18.0 Å². The average Bonchev–Trinajstić information content (AvgIpc) is 3.21. The van der Waals surface area contributed by atoms with Crippen molar-refractivity contribution in [3.05, 3.63) is 34.9 Å². The molecular formula is C16H23ClN2O. The normalized spacial score (nSPS) is 16.2. The third-order valence-electron chi connectivity index (χ3n) is 3.63. The third-order valence-corrected chi connectivity index (χ3v) is 3.88. The molecule has 0 aliphatic heterocycles. The highest BCUT2D eigenvalue weighted by molar-refractivity contribution is 6.30. The Hall–Kier alpha value is -1.06. The fourth-order valence-corrected chi connectivity index (χ4v) is 2.37. The molecule has 1 aliphatic rings. The number of carbonyl (C=O) groups is 1. The summed E-state index contributed by atoms with van der Waals surface area (Å²) in [6, 6.07) is 7.71. The molecule has 1 aliphatic carbocycles. The molecule has 1 atom stereocenters. The molecule has 4 heteroatoms. The van der Waals surface area contributed by atoms with Gasteiger partial charge in [0.15, 0.2) is 0 Å². The lowest BCUT2D eigenvalue weighted by Crippen LogP contribution is -2.38. The Morgan fingerprint density at radius 2 is 1.95 bits per heavy atom. The molecule has 1 amide bonds. The Morgan fingerprint density at radius 1 is 1.30 bits per heavy atom. The van der Waals surface area contributed by atoms with E-state index in [-0.39, 0.29) is 11.9 Å². The molecule has 0 heterocycles. The second-order valence-corrected chi connectivity index (χ2v) is 6.35. The lowest BCUT2D eigenvalue weighted by molar-refractivity contribution is -0.121. The van der Waals surface area contributed by atoms with Crippen LogP contribution in [0.2, 0.25) is 5.02 Å². The van der Waals surface area contributed by atoms with E-state index in [1.165, 1.54) is 12.8 Å². The second-order valence-electron chi connectivity index (χ2n) is 5.92. The zero-order valence-electron chi connectivity index (χ0n) is 12.2. The first-order chi connectivity index (χ1) is 9.56. The number of benzene rings is 1. The largest absolute Gasteiger partial charge is 0.348 e. The number of hydrogen-bond donors (Lipinski definition) is 2. The minimum Gasteiger partial charge on any atom is -0.348 e. The number of amides is 1. The Labute approximate surface area is 126 Å². The first-order valence-corrected chi connectivity index (χ1v) is 7.69. The molecule has 2 N–H and O–H groups in total. The van der Waals surface area contributed by atoms with Crippen molar-refractivity contribution in [1.29, 1.82) is 0 Å². The number of rotatable bonds is 7. The Kier molecular flexibility index (Phi) is 5.44. The van der Waals surface area contributed by atoms with Crippen molar-refractivity contribution < 1.29 is 4.79 Å². The van der Waals surface area contributed by atoms with Gasteiger partial charge in [-0.3, -0.25) is 4.79 Å². The highest BCUT2D eigenvalue weighted by Crippen LogP contribution is 2.27. The zero-order chi connectivity index (χ0) is 14.5. The number of hydrogen-bond acceptors (Lipinski definition) is 2. The van der Waals surface area contributed by atoms with E-state index in [0.29, 0.717) is 17.5 Å². The van der Waals surface area contributed by atoms with Crippen LogP contribution in [0.25, 0.3) is 0 Å². The minimum absolute atomic E-state index is 0.0301. The summed E-state index contributed by atoms with van der Waals surface area (Å²) in [6.45, 7) is 5.57. The Morgan fingerprint density at radius 3 is 2.50 bits per heavy atom. The highest BCUT2D eigenvalue weighted by Gasteiger charge is 2.21. The van der Waals surface area contributed by atoms with E-state index >= 15 is 0 Å². The Balaban J connectivity index is 1.87. The number of halogens is 1. The van der Waals surface area contributed by atoms with E-state index < -0.39 is 0 Å². The third kappa shape index (κ3) is 4.80. The summed E-state index contributed by atoms with van der Waals surface area (Å²) in [7, 11) is 0. The van der Waals surface area contributed by atoms with Gasteiger partial charge in [0, 0.05) is 5.02 Å². The molecule has 1 unspecified atom stereocenters. The summed E-state index contributed by atoms with van der Waals surface area (Å²) in [5.74, 6) is 1.18. The van der Waals surface area contributed by atoms with Gasteiger partial charge in [0.25, 0.3) is 0 Å². The van der Waals surface area contributed by atoms with Crippen molar-refractivity contribution in [1.82, 2.24) is 10.6 Å². The summed E-state index contributed by atoms with van der Waals surface area (Å²) in [6.07, 6.45) is 2.60. The van der Waals surface area contributed by atoms with Crippen molar-refractivity contribution in [3.8, 4) is 0 Å². The monoisotopic (exact) mass is 294 g/mol. The van der Waals surface area contributed by atoms with Gasteiger partial charge in [0.2, 0.25) is 5.91 Å². The molecule has 0 radical (unpaired) electrons. The van der Waals surface area contributed by atoms with E-state index in [1.54, 1.807) is 0 Å². The van der Waals surface area contributed by atoms with E-state index in [9.17, 15) is 4.79 Å². The molecule has 1 saturated carbocycles. The minimum atomic E-state index is 0.0301. The summed E-state index contributed by atoms with van der Waals surface area (Å²) in [5, 5.41) is 7.04. The first-order valence-electron chi connectivity index (χ1n) is 7.32. The molecule has 110 valence electrons. The first kappa shape index (κ1) is 15.3. The number of nitrogens with one attached hydrogen (secondary N) is 2. The molecule has 0 bridgehead atoms. The van der Waals surface area contributed by atoms with Crippen molar-refractivity contribution in [2.24, 2.45) is 11.8 Å². The lowest BCUT2D eigenvalue weighted by Gasteiger charge is -2.23. The van der Waals surface area contributed by atoms with Gasteiger partial charge in [0.1, 0.15) is 0 Å². The van der Waals surface area contributed by atoms with Gasteiger partial charge in [-0.25, -0.2) is 0 Å². The predicted molar refractivity (Wildman–Crippen MR) is 82.8 cm³/mol. The van der Waals surface area contributed by atoms with Crippen molar-refractivity contribution in [2.75, 3.05) is 13.1 Å². The molecule has 3 nitrogen and oxygen atoms in total. The maximum absolute atomic E-state index is 12.0.